The standard InChI is InChI=1S/C13H16N2O/c16-12-11-14-7-9-15(10-8-14)13-5-3-1-2-4-6-13/h1-3,5-6,12H,7-11H2. The predicted octanol–water partition coefficient (Wildman–Crippen LogP) is 0.968. The van der Waals surface area contributed by atoms with Crippen LogP contribution in [-0.4, -0.2) is 48.8 Å². The first-order chi connectivity index (χ1) is 7.90. The van der Waals surface area contributed by atoms with Gasteiger partial charge in [-0.25, -0.2) is 0 Å². The summed E-state index contributed by atoms with van der Waals surface area (Å²) in [6.07, 6.45) is 11.0. The Bertz CT molecular complexity index is 367. The van der Waals surface area contributed by atoms with Crippen molar-refractivity contribution in [2.45, 2.75) is 0 Å². The molecule has 1 heterocycles. The molecular formula is C13H16N2O. The van der Waals surface area contributed by atoms with Gasteiger partial charge in [-0.3, -0.25) is 4.90 Å². The summed E-state index contributed by atoms with van der Waals surface area (Å²) in [6, 6.07) is 0. The van der Waals surface area contributed by atoms with Gasteiger partial charge in [-0.1, -0.05) is 12.2 Å². The zero-order valence-electron chi connectivity index (χ0n) is 9.30. The number of hydrogen-bond acceptors (Lipinski definition) is 3. The molecule has 16 heavy (non-hydrogen) atoms. The van der Waals surface area contributed by atoms with Gasteiger partial charge in [0.2, 0.25) is 0 Å². The summed E-state index contributed by atoms with van der Waals surface area (Å²) >= 11 is 0. The average Bonchev–Trinajstić information content (AvgIpc) is 2.59. The van der Waals surface area contributed by atoms with Crippen molar-refractivity contribution in [3.63, 3.8) is 0 Å². The maximum absolute atomic E-state index is 10.4. The van der Waals surface area contributed by atoms with Crippen molar-refractivity contribution >= 4 is 6.29 Å². The van der Waals surface area contributed by atoms with Gasteiger partial charge in [-0.05, 0) is 12.2 Å². The Morgan fingerprint density at radius 2 is 2.06 bits per heavy atom. The summed E-state index contributed by atoms with van der Waals surface area (Å²) in [5.74, 6) is 0. The summed E-state index contributed by atoms with van der Waals surface area (Å²) in [4.78, 5) is 14.9. The minimum Gasteiger partial charge on any atom is -0.368 e. The summed E-state index contributed by atoms with van der Waals surface area (Å²) in [5, 5.41) is 0. The lowest BCUT2D eigenvalue weighted by Crippen LogP contribution is -2.46. The summed E-state index contributed by atoms with van der Waals surface area (Å²) in [7, 11) is 0. The minimum atomic E-state index is 0.558. The normalized spacial score (nSPS) is 20.8. The third-order valence-electron chi connectivity index (χ3n) is 2.87. The number of carbonyl (C=O) groups is 1. The number of rotatable bonds is 3. The minimum absolute atomic E-state index is 0.558. The van der Waals surface area contributed by atoms with E-state index >= 15 is 0 Å². The van der Waals surface area contributed by atoms with Gasteiger partial charge in [0.05, 0.1) is 6.54 Å². The molecule has 0 unspecified atom stereocenters. The van der Waals surface area contributed by atoms with Gasteiger partial charge in [0.15, 0.2) is 0 Å². The van der Waals surface area contributed by atoms with E-state index in [1.165, 1.54) is 5.70 Å². The lowest BCUT2D eigenvalue weighted by molar-refractivity contribution is -0.109. The van der Waals surface area contributed by atoms with Crippen LogP contribution in [0.25, 0.3) is 0 Å². The molecule has 1 aliphatic heterocycles. The average molecular weight is 216 g/mol. The molecular weight excluding hydrogens is 200 g/mol. The molecule has 3 heteroatoms. The van der Waals surface area contributed by atoms with E-state index in [0.717, 1.165) is 32.5 Å². The van der Waals surface area contributed by atoms with Crippen molar-refractivity contribution in [1.82, 2.24) is 9.80 Å². The van der Waals surface area contributed by atoms with Crippen LogP contribution < -0.4 is 0 Å². The highest BCUT2D eigenvalue weighted by molar-refractivity contribution is 5.52. The molecule has 0 radical (unpaired) electrons. The van der Waals surface area contributed by atoms with E-state index in [9.17, 15) is 4.79 Å². The lowest BCUT2D eigenvalue weighted by Gasteiger charge is -2.35. The summed E-state index contributed by atoms with van der Waals surface area (Å²) in [5.41, 5.74) is 4.32. The van der Waals surface area contributed by atoms with Crippen molar-refractivity contribution < 1.29 is 4.79 Å². The Hall–Kier alpha value is -1.57. The molecule has 1 fully saturated rings. The SMILES string of the molecule is O=CCN1CCN(C2=CC=CC=C=C2)CC1. The fourth-order valence-corrected chi connectivity index (χ4v) is 1.94. The van der Waals surface area contributed by atoms with Crippen LogP contribution in [0.3, 0.4) is 0 Å². The first-order valence-corrected chi connectivity index (χ1v) is 5.60. The van der Waals surface area contributed by atoms with E-state index in [4.69, 9.17) is 0 Å². The lowest BCUT2D eigenvalue weighted by atomic mass is 10.2. The number of piperazine rings is 1. The third kappa shape index (κ3) is 2.72. The van der Waals surface area contributed by atoms with Crippen molar-refractivity contribution in [1.29, 1.82) is 0 Å². The molecule has 0 bridgehead atoms. The van der Waals surface area contributed by atoms with Crippen LogP contribution in [0.5, 0.6) is 0 Å². The number of carbonyl (C=O) groups excluding carboxylic acids is 1. The highest BCUT2D eigenvalue weighted by Crippen LogP contribution is 2.11. The van der Waals surface area contributed by atoms with Crippen LogP contribution in [-0.2, 0) is 4.79 Å². The molecule has 0 aromatic carbocycles. The fourth-order valence-electron chi connectivity index (χ4n) is 1.94. The van der Waals surface area contributed by atoms with Gasteiger partial charge in [0.1, 0.15) is 6.29 Å². The van der Waals surface area contributed by atoms with E-state index in [0.29, 0.717) is 6.54 Å². The molecule has 0 N–H and O–H groups in total. The Morgan fingerprint density at radius 3 is 2.81 bits per heavy atom. The molecule has 3 nitrogen and oxygen atoms in total. The Balaban J connectivity index is 1.94. The quantitative estimate of drug-likeness (QED) is 0.519. The highest BCUT2D eigenvalue weighted by atomic mass is 16.1. The second kappa shape index (κ2) is 5.50. The Morgan fingerprint density at radius 1 is 1.25 bits per heavy atom. The van der Waals surface area contributed by atoms with Crippen molar-refractivity contribution in [3.05, 3.63) is 41.8 Å². The molecule has 0 spiro atoms. The van der Waals surface area contributed by atoms with E-state index in [2.05, 4.69) is 21.6 Å². The van der Waals surface area contributed by atoms with E-state index in [1.807, 2.05) is 24.3 Å². The number of allylic oxidation sites excluding steroid dienone is 4. The molecule has 1 aliphatic carbocycles. The molecule has 2 rings (SSSR count). The predicted molar refractivity (Wildman–Crippen MR) is 64.0 cm³/mol. The molecule has 0 amide bonds. The Kier molecular flexibility index (Phi) is 3.76. The number of nitrogens with zero attached hydrogens (tertiary/aromatic N) is 2. The number of aldehydes is 1. The fraction of sp³-hybridized carbons (Fsp3) is 0.385. The van der Waals surface area contributed by atoms with Crippen molar-refractivity contribution in [2.24, 2.45) is 0 Å². The maximum atomic E-state index is 10.4. The van der Waals surface area contributed by atoms with Crippen LogP contribution in [0, 0.1) is 0 Å². The smallest absolute Gasteiger partial charge is 0.133 e. The molecule has 0 aromatic heterocycles. The first kappa shape index (κ1) is 10.9. The molecule has 0 aromatic rings. The molecule has 0 atom stereocenters. The zero-order valence-corrected chi connectivity index (χ0v) is 9.30. The van der Waals surface area contributed by atoms with Gasteiger partial charge in [-0.15, -0.1) is 5.73 Å². The highest BCUT2D eigenvalue weighted by Gasteiger charge is 2.16. The molecule has 1 saturated heterocycles. The summed E-state index contributed by atoms with van der Waals surface area (Å²) in [6.45, 7) is 4.43. The van der Waals surface area contributed by atoms with Crippen LogP contribution >= 0.6 is 0 Å². The molecule has 2 aliphatic rings. The monoisotopic (exact) mass is 216 g/mol. The molecule has 0 saturated carbocycles. The summed E-state index contributed by atoms with van der Waals surface area (Å²) < 4.78 is 0. The second-order valence-electron chi connectivity index (χ2n) is 3.91. The largest absolute Gasteiger partial charge is 0.368 e. The van der Waals surface area contributed by atoms with E-state index in [1.54, 1.807) is 0 Å². The maximum Gasteiger partial charge on any atom is 0.133 e. The van der Waals surface area contributed by atoms with Crippen molar-refractivity contribution in [2.75, 3.05) is 32.7 Å². The molecule has 84 valence electrons. The van der Waals surface area contributed by atoms with Crippen molar-refractivity contribution in [3.8, 4) is 0 Å². The third-order valence-corrected chi connectivity index (χ3v) is 2.87. The number of hydrogen-bond donors (Lipinski definition) is 0. The van der Waals surface area contributed by atoms with Gasteiger partial charge in [-0.2, -0.15) is 0 Å². The van der Waals surface area contributed by atoms with E-state index < -0.39 is 0 Å². The van der Waals surface area contributed by atoms with Gasteiger partial charge >= 0.3 is 0 Å². The van der Waals surface area contributed by atoms with E-state index in [-0.39, 0.29) is 0 Å². The second-order valence-corrected chi connectivity index (χ2v) is 3.91. The van der Waals surface area contributed by atoms with Crippen LogP contribution in [0.4, 0.5) is 0 Å². The first-order valence-electron chi connectivity index (χ1n) is 5.60. The van der Waals surface area contributed by atoms with Crippen LogP contribution in [0.15, 0.2) is 41.8 Å². The van der Waals surface area contributed by atoms with Crippen LogP contribution in [0.2, 0.25) is 0 Å². The van der Waals surface area contributed by atoms with Gasteiger partial charge < -0.3 is 9.69 Å². The van der Waals surface area contributed by atoms with Crippen LogP contribution in [0.1, 0.15) is 0 Å². The van der Waals surface area contributed by atoms with Gasteiger partial charge in [0, 0.05) is 38.0 Å². The zero-order chi connectivity index (χ0) is 11.2. The van der Waals surface area contributed by atoms with Gasteiger partial charge in [0.25, 0.3) is 0 Å². The Labute approximate surface area is 96.0 Å². The topological polar surface area (TPSA) is 23.6 Å².